The maximum atomic E-state index is 12.7. The number of hydrogen-bond acceptors (Lipinski definition) is 6. The minimum absolute atomic E-state index is 0.0180. The zero-order chi connectivity index (χ0) is 24.0. The molecule has 0 saturated heterocycles. The van der Waals surface area contributed by atoms with Crippen LogP contribution in [0, 0.1) is 24.0 Å². The van der Waals surface area contributed by atoms with E-state index in [1.807, 2.05) is 39.0 Å². The Kier molecular flexibility index (Phi) is 7.61. The van der Waals surface area contributed by atoms with Gasteiger partial charge in [-0.15, -0.1) is 0 Å². The van der Waals surface area contributed by atoms with Gasteiger partial charge in [0, 0.05) is 36.1 Å². The first-order valence-corrected chi connectivity index (χ1v) is 10.7. The van der Waals surface area contributed by atoms with E-state index in [1.54, 1.807) is 6.07 Å². The van der Waals surface area contributed by atoms with Crippen LogP contribution in [0.4, 0.5) is 11.4 Å². The fourth-order valence-corrected chi connectivity index (χ4v) is 3.75. The van der Waals surface area contributed by atoms with Crippen LogP contribution in [0.2, 0.25) is 0 Å². The number of ketones is 1. The zero-order valence-corrected chi connectivity index (χ0v) is 19.0. The van der Waals surface area contributed by atoms with Gasteiger partial charge in [0.15, 0.2) is 6.61 Å². The third-order valence-corrected chi connectivity index (χ3v) is 5.47. The Morgan fingerprint density at radius 2 is 1.82 bits per heavy atom. The number of nitro groups is 1. The van der Waals surface area contributed by atoms with Gasteiger partial charge in [-0.05, 0) is 51.0 Å². The topological polar surface area (TPSA) is 103 Å². The highest BCUT2D eigenvalue weighted by Gasteiger charge is 2.21. The Labute approximate surface area is 192 Å². The molecular weight excluding hydrogens is 422 g/mol. The van der Waals surface area contributed by atoms with Gasteiger partial charge in [0.2, 0.25) is 5.78 Å². The Morgan fingerprint density at radius 1 is 1.09 bits per heavy atom. The van der Waals surface area contributed by atoms with E-state index in [4.69, 9.17) is 4.74 Å². The average molecular weight is 450 g/mol. The number of anilines is 1. The summed E-state index contributed by atoms with van der Waals surface area (Å²) in [4.78, 5) is 35.9. The number of ether oxygens (including phenoxy) is 1. The first kappa shape index (κ1) is 23.7. The normalized spacial score (nSPS) is 10.6. The van der Waals surface area contributed by atoms with Gasteiger partial charge in [0.05, 0.1) is 10.5 Å². The SMILES string of the molecule is CCNc1ccc(C(=O)OCC(=O)c2cc(C)n(CCc3ccccc3)c2C)cc1[N+](=O)[O-]. The van der Waals surface area contributed by atoms with Crippen molar-refractivity contribution in [1.82, 2.24) is 4.57 Å². The third-order valence-electron chi connectivity index (χ3n) is 5.47. The van der Waals surface area contributed by atoms with Crippen molar-refractivity contribution in [1.29, 1.82) is 0 Å². The number of benzene rings is 2. The molecule has 0 fully saturated rings. The standard InChI is InChI=1S/C25H27N3O5/c1-4-26-22-11-10-20(15-23(22)28(31)32)25(30)33-16-24(29)21-14-17(2)27(18(21)3)13-12-19-8-6-5-7-9-19/h5-11,14-15,26H,4,12-13,16H2,1-3H3. The number of carbonyl (C=O) groups excluding carboxylic acids is 2. The van der Waals surface area contributed by atoms with E-state index in [-0.39, 0.29) is 17.0 Å². The quantitative estimate of drug-likeness (QED) is 0.208. The molecule has 8 nitrogen and oxygen atoms in total. The lowest BCUT2D eigenvalue weighted by molar-refractivity contribution is -0.384. The van der Waals surface area contributed by atoms with Crippen molar-refractivity contribution in [3.8, 4) is 0 Å². The Morgan fingerprint density at radius 3 is 2.48 bits per heavy atom. The van der Waals surface area contributed by atoms with Gasteiger partial charge < -0.3 is 14.6 Å². The molecule has 0 aliphatic rings. The molecule has 0 bridgehead atoms. The van der Waals surface area contributed by atoms with E-state index < -0.39 is 17.5 Å². The van der Waals surface area contributed by atoms with Gasteiger partial charge in [-0.3, -0.25) is 14.9 Å². The number of nitrogens with zero attached hydrogens (tertiary/aromatic N) is 2. The predicted octanol–water partition coefficient (Wildman–Crippen LogP) is 4.73. The van der Waals surface area contributed by atoms with E-state index in [1.165, 1.54) is 17.7 Å². The number of hydrogen-bond donors (Lipinski definition) is 1. The van der Waals surface area contributed by atoms with Gasteiger partial charge in [-0.1, -0.05) is 30.3 Å². The summed E-state index contributed by atoms with van der Waals surface area (Å²) >= 11 is 0. The smallest absolute Gasteiger partial charge is 0.338 e. The van der Waals surface area contributed by atoms with Gasteiger partial charge in [0.25, 0.3) is 5.69 Å². The molecule has 0 spiro atoms. The van der Waals surface area contributed by atoms with Crippen LogP contribution in [0.3, 0.4) is 0 Å². The van der Waals surface area contributed by atoms with Crippen LogP contribution in [0.1, 0.15) is 44.6 Å². The average Bonchev–Trinajstić information content (AvgIpc) is 3.10. The number of nitrogens with one attached hydrogen (secondary N) is 1. The summed E-state index contributed by atoms with van der Waals surface area (Å²) in [6.45, 7) is 6.42. The Hall–Kier alpha value is -3.94. The van der Waals surface area contributed by atoms with Crippen molar-refractivity contribution in [2.75, 3.05) is 18.5 Å². The molecule has 1 N–H and O–H groups in total. The second-order valence-electron chi connectivity index (χ2n) is 7.69. The van der Waals surface area contributed by atoms with E-state index in [2.05, 4.69) is 22.0 Å². The number of aromatic nitrogens is 1. The molecule has 172 valence electrons. The van der Waals surface area contributed by atoms with Gasteiger partial charge in [-0.25, -0.2) is 4.79 Å². The van der Waals surface area contributed by atoms with Crippen molar-refractivity contribution >= 4 is 23.1 Å². The van der Waals surface area contributed by atoms with Crippen LogP contribution in [0.25, 0.3) is 0 Å². The minimum atomic E-state index is -0.785. The lowest BCUT2D eigenvalue weighted by Crippen LogP contribution is -2.15. The number of aryl methyl sites for hydroxylation is 2. The van der Waals surface area contributed by atoms with Crippen molar-refractivity contribution in [2.24, 2.45) is 0 Å². The zero-order valence-electron chi connectivity index (χ0n) is 19.0. The fraction of sp³-hybridized carbons (Fsp3) is 0.280. The maximum absolute atomic E-state index is 12.7. The van der Waals surface area contributed by atoms with Crippen LogP contribution in [0.15, 0.2) is 54.6 Å². The van der Waals surface area contributed by atoms with Crippen molar-refractivity contribution in [3.05, 3.63) is 92.8 Å². The van der Waals surface area contributed by atoms with E-state index >= 15 is 0 Å². The lowest BCUT2D eigenvalue weighted by atomic mass is 10.1. The van der Waals surface area contributed by atoms with Crippen LogP contribution >= 0.6 is 0 Å². The van der Waals surface area contributed by atoms with Crippen LogP contribution in [-0.4, -0.2) is 34.4 Å². The molecule has 0 aliphatic heterocycles. The molecule has 0 unspecified atom stereocenters. The third kappa shape index (κ3) is 5.65. The molecule has 0 saturated carbocycles. The summed E-state index contributed by atoms with van der Waals surface area (Å²) in [5.74, 6) is -1.10. The molecule has 0 atom stereocenters. The molecule has 33 heavy (non-hydrogen) atoms. The second kappa shape index (κ2) is 10.6. The molecule has 8 heteroatoms. The van der Waals surface area contributed by atoms with Crippen LogP contribution < -0.4 is 5.32 Å². The maximum Gasteiger partial charge on any atom is 0.338 e. The lowest BCUT2D eigenvalue weighted by Gasteiger charge is -2.10. The van der Waals surface area contributed by atoms with E-state index in [9.17, 15) is 19.7 Å². The van der Waals surface area contributed by atoms with Crippen LogP contribution in [-0.2, 0) is 17.7 Å². The number of Topliss-reactive ketones (excluding diaryl/α,β-unsaturated/α-hetero) is 1. The van der Waals surface area contributed by atoms with Crippen molar-refractivity contribution in [2.45, 2.75) is 33.7 Å². The first-order chi connectivity index (χ1) is 15.8. The molecule has 1 aromatic heterocycles. The number of esters is 1. The molecule has 0 amide bonds. The highest BCUT2D eigenvalue weighted by atomic mass is 16.6. The predicted molar refractivity (Wildman–Crippen MR) is 126 cm³/mol. The number of nitro benzene ring substituents is 1. The summed E-state index contributed by atoms with van der Waals surface area (Å²) in [5.41, 5.74) is 3.59. The first-order valence-electron chi connectivity index (χ1n) is 10.7. The molecule has 3 aromatic rings. The molecule has 2 aromatic carbocycles. The van der Waals surface area contributed by atoms with Gasteiger partial charge >= 0.3 is 5.97 Å². The van der Waals surface area contributed by atoms with Gasteiger partial charge in [0.1, 0.15) is 5.69 Å². The van der Waals surface area contributed by atoms with Crippen molar-refractivity contribution < 1.29 is 19.2 Å². The minimum Gasteiger partial charge on any atom is -0.454 e. The molecular formula is C25H27N3O5. The van der Waals surface area contributed by atoms with E-state index in [0.29, 0.717) is 17.8 Å². The monoisotopic (exact) mass is 449 g/mol. The molecule has 0 aliphatic carbocycles. The molecule has 0 radical (unpaired) electrons. The highest BCUT2D eigenvalue weighted by Crippen LogP contribution is 2.26. The number of carbonyl (C=O) groups is 2. The Balaban J connectivity index is 1.66. The Bertz CT molecular complexity index is 1170. The van der Waals surface area contributed by atoms with Crippen LogP contribution in [0.5, 0.6) is 0 Å². The van der Waals surface area contributed by atoms with Crippen molar-refractivity contribution in [3.63, 3.8) is 0 Å². The highest BCUT2D eigenvalue weighted by molar-refractivity contribution is 6.00. The summed E-state index contributed by atoms with van der Waals surface area (Å²) < 4.78 is 7.25. The summed E-state index contributed by atoms with van der Waals surface area (Å²) in [7, 11) is 0. The summed E-state index contributed by atoms with van der Waals surface area (Å²) in [6.07, 6.45) is 0.835. The largest absolute Gasteiger partial charge is 0.454 e. The summed E-state index contributed by atoms with van der Waals surface area (Å²) in [6, 6.07) is 15.9. The fourth-order valence-electron chi connectivity index (χ4n) is 3.75. The molecule has 3 rings (SSSR count). The second-order valence-corrected chi connectivity index (χ2v) is 7.69. The van der Waals surface area contributed by atoms with E-state index in [0.717, 1.165) is 30.4 Å². The van der Waals surface area contributed by atoms with Gasteiger partial charge in [-0.2, -0.15) is 0 Å². The number of rotatable bonds is 10. The summed E-state index contributed by atoms with van der Waals surface area (Å²) in [5, 5.41) is 14.2. The molecule has 1 heterocycles.